The number of carbonyl (C=O) groups excluding carboxylic acids is 1. The molecule has 2 aromatic carbocycles. The zero-order valence-corrected chi connectivity index (χ0v) is 17.1. The van der Waals surface area contributed by atoms with Crippen LogP contribution < -0.4 is 19.5 Å². The molecule has 0 aliphatic carbocycles. The summed E-state index contributed by atoms with van der Waals surface area (Å²) < 4.78 is 15.7. The highest BCUT2D eigenvalue weighted by Gasteiger charge is 2.14. The summed E-state index contributed by atoms with van der Waals surface area (Å²) >= 11 is 1.52. The minimum atomic E-state index is -0.111. The topological polar surface area (TPSA) is 69.7 Å². The highest BCUT2D eigenvalue weighted by Crippen LogP contribution is 2.31. The zero-order chi connectivity index (χ0) is 20.1. The number of aromatic nitrogens is 1. The smallest absolute Gasteiger partial charge is 0.229 e. The van der Waals surface area contributed by atoms with Crippen LogP contribution in [0, 0.1) is 6.92 Å². The summed E-state index contributed by atoms with van der Waals surface area (Å²) in [6.45, 7) is 1.92. The van der Waals surface area contributed by atoms with Crippen LogP contribution in [0.2, 0.25) is 0 Å². The lowest BCUT2D eigenvalue weighted by molar-refractivity contribution is -0.115. The van der Waals surface area contributed by atoms with E-state index in [9.17, 15) is 4.79 Å². The van der Waals surface area contributed by atoms with Crippen molar-refractivity contribution < 1.29 is 19.0 Å². The van der Waals surface area contributed by atoms with Crippen molar-refractivity contribution in [3.05, 3.63) is 53.0 Å². The number of hydrogen-bond acceptors (Lipinski definition) is 6. The fraction of sp³-hybridized carbons (Fsp3) is 0.238. The van der Waals surface area contributed by atoms with E-state index in [1.54, 1.807) is 39.5 Å². The molecule has 1 aromatic heterocycles. The van der Waals surface area contributed by atoms with Gasteiger partial charge in [-0.3, -0.25) is 4.79 Å². The van der Waals surface area contributed by atoms with Crippen LogP contribution in [0.5, 0.6) is 17.2 Å². The number of aryl methyl sites for hydroxylation is 1. The quantitative estimate of drug-likeness (QED) is 0.642. The molecule has 0 aliphatic rings. The largest absolute Gasteiger partial charge is 0.497 e. The molecule has 0 saturated carbocycles. The van der Waals surface area contributed by atoms with Crippen molar-refractivity contribution in [3.63, 3.8) is 0 Å². The van der Waals surface area contributed by atoms with E-state index in [4.69, 9.17) is 14.2 Å². The molecule has 6 nitrogen and oxygen atoms in total. The van der Waals surface area contributed by atoms with E-state index in [2.05, 4.69) is 10.3 Å². The van der Waals surface area contributed by atoms with Gasteiger partial charge in [-0.05, 0) is 43.3 Å². The maximum atomic E-state index is 12.5. The van der Waals surface area contributed by atoms with E-state index < -0.39 is 0 Å². The first-order valence-electron chi connectivity index (χ1n) is 8.66. The van der Waals surface area contributed by atoms with Gasteiger partial charge in [-0.15, -0.1) is 11.3 Å². The lowest BCUT2D eigenvalue weighted by Crippen LogP contribution is -2.14. The molecule has 0 radical (unpaired) electrons. The van der Waals surface area contributed by atoms with Crippen LogP contribution in [0.15, 0.2) is 42.5 Å². The molecule has 0 atom stereocenters. The van der Waals surface area contributed by atoms with Crippen LogP contribution in [0.1, 0.15) is 10.6 Å². The van der Waals surface area contributed by atoms with Gasteiger partial charge in [-0.1, -0.05) is 0 Å². The third-order valence-electron chi connectivity index (χ3n) is 4.22. The van der Waals surface area contributed by atoms with Gasteiger partial charge in [0.1, 0.15) is 10.8 Å². The van der Waals surface area contributed by atoms with Gasteiger partial charge in [-0.2, -0.15) is 0 Å². The first kappa shape index (κ1) is 19.7. The van der Waals surface area contributed by atoms with Crippen LogP contribution in [0.25, 0.3) is 10.6 Å². The second-order valence-corrected chi connectivity index (χ2v) is 7.13. The fourth-order valence-corrected chi connectivity index (χ4v) is 3.78. The summed E-state index contributed by atoms with van der Waals surface area (Å²) in [6, 6.07) is 13.0. The molecule has 0 bridgehead atoms. The van der Waals surface area contributed by atoms with Gasteiger partial charge in [0.2, 0.25) is 5.91 Å². The van der Waals surface area contributed by atoms with Gasteiger partial charge < -0.3 is 19.5 Å². The monoisotopic (exact) mass is 398 g/mol. The maximum Gasteiger partial charge on any atom is 0.229 e. The van der Waals surface area contributed by atoms with Crippen molar-refractivity contribution in [1.29, 1.82) is 0 Å². The predicted molar refractivity (Wildman–Crippen MR) is 111 cm³/mol. The lowest BCUT2D eigenvalue weighted by Gasteiger charge is -2.10. The van der Waals surface area contributed by atoms with Crippen molar-refractivity contribution in [2.75, 3.05) is 26.6 Å². The Morgan fingerprint density at radius 1 is 1.00 bits per heavy atom. The standard InChI is InChI=1S/C21H22N2O4S/c1-13-19(28-21(22-13)14-5-8-16(25-2)9-6-14)12-20(24)23-15-7-10-17(26-3)18(11-15)27-4/h5-11H,12H2,1-4H3,(H,23,24). The summed E-state index contributed by atoms with van der Waals surface area (Å²) in [6.07, 6.45) is 0.258. The summed E-state index contributed by atoms with van der Waals surface area (Å²) in [5, 5.41) is 3.78. The number of rotatable bonds is 7. The molecule has 28 heavy (non-hydrogen) atoms. The number of amides is 1. The Balaban J connectivity index is 1.71. The SMILES string of the molecule is COc1ccc(-c2nc(C)c(CC(=O)Nc3ccc(OC)c(OC)c3)s2)cc1. The van der Waals surface area contributed by atoms with E-state index in [0.29, 0.717) is 17.2 Å². The minimum absolute atomic E-state index is 0.111. The molecule has 0 spiro atoms. The summed E-state index contributed by atoms with van der Waals surface area (Å²) in [7, 11) is 4.77. The number of ether oxygens (including phenoxy) is 3. The molecule has 3 rings (SSSR count). The van der Waals surface area contributed by atoms with Crippen molar-refractivity contribution in [2.24, 2.45) is 0 Å². The predicted octanol–water partition coefficient (Wildman–Crippen LogP) is 4.33. The van der Waals surface area contributed by atoms with Crippen LogP contribution in [0.4, 0.5) is 5.69 Å². The van der Waals surface area contributed by atoms with Crippen molar-refractivity contribution in [1.82, 2.24) is 4.98 Å². The van der Waals surface area contributed by atoms with Crippen LogP contribution >= 0.6 is 11.3 Å². The highest BCUT2D eigenvalue weighted by molar-refractivity contribution is 7.15. The molecule has 7 heteroatoms. The molecule has 1 N–H and O–H groups in total. The average Bonchev–Trinajstić information content (AvgIpc) is 3.08. The van der Waals surface area contributed by atoms with Gasteiger partial charge in [0, 0.05) is 22.2 Å². The molecule has 1 heterocycles. The first-order valence-corrected chi connectivity index (χ1v) is 9.48. The third kappa shape index (κ3) is 4.43. The summed E-state index contributed by atoms with van der Waals surface area (Å²) in [5.74, 6) is 1.87. The van der Waals surface area contributed by atoms with Crippen molar-refractivity contribution in [2.45, 2.75) is 13.3 Å². The molecular weight excluding hydrogens is 376 g/mol. The molecular formula is C21H22N2O4S. The molecule has 0 saturated heterocycles. The summed E-state index contributed by atoms with van der Waals surface area (Å²) in [4.78, 5) is 18.0. The van der Waals surface area contributed by atoms with E-state index in [0.717, 1.165) is 26.9 Å². The molecule has 0 fully saturated rings. The minimum Gasteiger partial charge on any atom is -0.497 e. The third-order valence-corrected chi connectivity index (χ3v) is 5.42. The Morgan fingerprint density at radius 3 is 2.36 bits per heavy atom. The molecule has 3 aromatic rings. The van der Waals surface area contributed by atoms with Gasteiger partial charge in [0.25, 0.3) is 0 Å². The van der Waals surface area contributed by atoms with Crippen LogP contribution in [0.3, 0.4) is 0 Å². The number of carbonyl (C=O) groups is 1. The molecule has 1 amide bonds. The highest BCUT2D eigenvalue weighted by atomic mass is 32.1. The number of thiazole rings is 1. The average molecular weight is 398 g/mol. The maximum absolute atomic E-state index is 12.5. The van der Waals surface area contributed by atoms with Crippen LogP contribution in [-0.2, 0) is 11.2 Å². The van der Waals surface area contributed by atoms with Gasteiger partial charge >= 0.3 is 0 Å². The second-order valence-electron chi connectivity index (χ2n) is 6.05. The van der Waals surface area contributed by atoms with E-state index in [1.807, 2.05) is 31.2 Å². The van der Waals surface area contributed by atoms with E-state index in [-0.39, 0.29) is 12.3 Å². The Labute approximate surface area is 168 Å². The summed E-state index contributed by atoms with van der Waals surface area (Å²) in [5.41, 5.74) is 2.51. The number of hydrogen-bond donors (Lipinski definition) is 1. The number of anilines is 1. The van der Waals surface area contributed by atoms with Crippen LogP contribution in [-0.4, -0.2) is 32.2 Å². The Hall–Kier alpha value is -3.06. The number of nitrogens with zero attached hydrogens (tertiary/aromatic N) is 1. The molecule has 146 valence electrons. The van der Waals surface area contributed by atoms with Gasteiger partial charge in [0.05, 0.1) is 33.4 Å². The number of methoxy groups -OCH3 is 3. The first-order chi connectivity index (χ1) is 13.5. The van der Waals surface area contributed by atoms with Gasteiger partial charge in [0.15, 0.2) is 11.5 Å². The normalized spacial score (nSPS) is 10.4. The molecule has 0 unspecified atom stereocenters. The Kier molecular flexibility index (Phi) is 6.16. The Morgan fingerprint density at radius 2 is 1.71 bits per heavy atom. The second kappa shape index (κ2) is 8.75. The Bertz CT molecular complexity index is 967. The lowest BCUT2D eigenvalue weighted by atomic mass is 10.2. The van der Waals surface area contributed by atoms with Gasteiger partial charge in [-0.25, -0.2) is 4.98 Å². The fourth-order valence-electron chi connectivity index (χ4n) is 2.71. The zero-order valence-electron chi connectivity index (χ0n) is 16.2. The van der Waals surface area contributed by atoms with Crippen molar-refractivity contribution in [3.8, 4) is 27.8 Å². The van der Waals surface area contributed by atoms with Crippen molar-refractivity contribution >= 4 is 22.9 Å². The van der Waals surface area contributed by atoms with E-state index >= 15 is 0 Å². The number of benzene rings is 2. The molecule has 0 aliphatic heterocycles. The van der Waals surface area contributed by atoms with E-state index in [1.165, 1.54) is 11.3 Å². The number of nitrogens with one attached hydrogen (secondary N) is 1.